The SMILES string of the molecule is CCc1ncc(S(=O)(=O)NCCCn2ccnn2)[nH]1. The molecule has 104 valence electrons. The molecule has 0 saturated carbocycles. The van der Waals surface area contributed by atoms with Gasteiger partial charge < -0.3 is 4.98 Å². The molecule has 2 N–H and O–H groups in total. The number of hydrogen-bond donors (Lipinski definition) is 2. The van der Waals surface area contributed by atoms with E-state index in [4.69, 9.17) is 0 Å². The van der Waals surface area contributed by atoms with Gasteiger partial charge in [0, 0.05) is 25.7 Å². The van der Waals surface area contributed by atoms with Crippen LogP contribution in [0.15, 0.2) is 23.6 Å². The molecule has 0 fully saturated rings. The van der Waals surface area contributed by atoms with Gasteiger partial charge >= 0.3 is 0 Å². The molecule has 0 unspecified atom stereocenters. The highest BCUT2D eigenvalue weighted by Gasteiger charge is 2.15. The van der Waals surface area contributed by atoms with Crippen LogP contribution in [0.2, 0.25) is 0 Å². The van der Waals surface area contributed by atoms with E-state index in [1.165, 1.54) is 6.20 Å². The zero-order valence-electron chi connectivity index (χ0n) is 10.6. The third-order valence-corrected chi connectivity index (χ3v) is 3.93. The van der Waals surface area contributed by atoms with E-state index in [-0.39, 0.29) is 5.03 Å². The topological polar surface area (TPSA) is 106 Å². The minimum atomic E-state index is -3.50. The second-order valence-electron chi connectivity index (χ2n) is 3.97. The molecular weight excluding hydrogens is 268 g/mol. The first-order valence-corrected chi connectivity index (χ1v) is 7.48. The molecule has 8 nitrogen and oxygen atoms in total. The van der Waals surface area contributed by atoms with Gasteiger partial charge in [-0.2, -0.15) is 0 Å². The van der Waals surface area contributed by atoms with Crippen molar-refractivity contribution >= 4 is 10.0 Å². The first-order valence-electron chi connectivity index (χ1n) is 5.99. The fraction of sp³-hybridized carbons (Fsp3) is 0.500. The number of nitrogens with one attached hydrogen (secondary N) is 2. The van der Waals surface area contributed by atoms with Crippen LogP contribution in [0, 0.1) is 0 Å². The van der Waals surface area contributed by atoms with E-state index in [9.17, 15) is 8.42 Å². The van der Waals surface area contributed by atoms with Gasteiger partial charge in [-0.15, -0.1) is 5.10 Å². The summed E-state index contributed by atoms with van der Waals surface area (Å²) < 4.78 is 28.0. The maximum Gasteiger partial charge on any atom is 0.257 e. The smallest absolute Gasteiger partial charge is 0.257 e. The lowest BCUT2D eigenvalue weighted by atomic mass is 10.4. The van der Waals surface area contributed by atoms with E-state index in [1.807, 2.05) is 6.92 Å². The Hall–Kier alpha value is -1.74. The summed E-state index contributed by atoms with van der Waals surface area (Å²) >= 11 is 0. The van der Waals surface area contributed by atoms with E-state index in [2.05, 4.69) is 25.0 Å². The summed E-state index contributed by atoms with van der Waals surface area (Å²) in [7, 11) is -3.50. The molecule has 0 aliphatic rings. The number of hydrogen-bond acceptors (Lipinski definition) is 5. The lowest BCUT2D eigenvalue weighted by molar-refractivity contribution is 0.541. The zero-order valence-corrected chi connectivity index (χ0v) is 11.4. The maximum atomic E-state index is 11.9. The Bertz CT molecular complexity index is 604. The molecule has 0 radical (unpaired) electrons. The quantitative estimate of drug-likeness (QED) is 0.692. The minimum absolute atomic E-state index is 0.102. The van der Waals surface area contributed by atoms with Gasteiger partial charge in [-0.1, -0.05) is 12.1 Å². The number of imidazole rings is 1. The zero-order chi connectivity index (χ0) is 13.7. The van der Waals surface area contributed by atoms with Gasteiger partial charge in [-0.05, 0) is 6.42 Å². The van der Waals surface area contributed by atoms with Crippen LogP contribution < -0.4 is 4.72 Å². The molecule has 2 aromatic heterocycles. The highest BCUT2D eigenvalue weighted by atomic mass is 32.2. The molecular formula is C10H16N6O2S. The number of aromatic nitrogens is 5. The Kier molecular flexibility index (Phi) is 4.27. The summed E-state index contributed by atoms with van der Waals surface area (Å²) in [5, 5.41) is 7.57. The summed E-state index contributed by atoms with van der Waals surface area (Å²) in [4.78, 5) is 6.74. The van der Waals surface area contributed by atoms with Gasteiger partial charge in [0.15, 0.2) is 5.03 Å². The number of nitrogens with zero attached hydrogens (tertiary/aromatic N) is 4. The fourth-order valence-corrected chi connectivity index (χ4v) is 2.55. The van der Waals surface area contributed by atoms with E-state index in [0.717, 1.165) is 0 Å². The van der Waals surface area contributed by atoms with Crippen molar-refractivity contribution in [3.8, 4) is 0 Å². The van der Waals surface area contributed by atoms with Gasteiger partial charge in [-0.25, -0.2) is 18.1 Å². The van der Waals surface area contributed by atoms with Crippen LogP contribution in [-0.4, -0.2) is 39.9 Å². The monoisotopic (exact) mass is 284 g/mol. The Morgan fingerprint density at radius 3 is 2.95 bits per heavy atom. The molecule has 0 saturated heterocycles. The predicted molar refractivity (Wildman–Crippen MR) is 67.8 cm³/mol. The number of sulfonamides is 1. The standard InChI is InChI=1S/C10H16N6O2S/c1-2-9-11-8-10(14-9)19(17,18)13-4-3-6-16-7-5-12-15-16/h5,7-8,13H,2-4,6H2,1H3,(H,11,14). The van der Waals surface area contributed by atoms with Crippen molar-refractivity contribution < 1.29 is 8.42 Å². The molecule has 19 heavy (non-hydrogen) atoms. The van der Waals surface area contributed by atoms with Crippen molar-refractivity contribution in [2.24, 2.45) is 0 Å². The maximum absolute atomic E-state index is 11.9. The Labute approximate surface area is 111 Å². The number of H-pyrrole nitrogens is 1. The molecule has 0 atom stereocenters. The summed E-state index contributed by atoms with van der Waals surface area (Å²) in [5.74, 6) is 0.656. The number of aromatic amines is 1. The average molecular weight is 284 g/mol. The molecule has 0 bridgehead atoms. The normalized spacial score (nSPS) is 11.8. The van der Waals surface area contributed by atoms with Crippen molar-refractivity contribution in [2.45, 2.75) is 31.3 Å². The molecule has 0 aliphatic heterocycles. The molecule has 2 heterocycles. The second kappa shape index (κ2) is 5.93. The Balaban J connectivity index is 1.84. The third kappa shape index (κ3) is 3.61. The summed E-state index contributed by atoms with van der Waals surface area (Å²) in [5.41, 5.74) is 0. The Morgan fingerprint density at radius 1 is 1.47 bits per heavy atom. The average Bonchev–Trinajstić information content (AvgIpc) is 3.05. The highest BCUT2D eigenvalue weighted by molar-refractivity contribution is 7.89. The van der Waals surface area contributed by atoms with Crippen LogP contribution in [0.5, 0.6) is 0 Å². The number of rotatable bonds is 7. The summed E-state index contributed by atoms with van der Waals surface area (Å²) in [6, 6.07) is 0. The van der Waals surface area contributed by atoms with E-state index < -0.39 is 10.0 Å². The molecule has 2 rings (SSSR count). The van der Waals surface area contributed by atoms with Gasteiger partial charge in [0.05, 0.1) is 12.4 Å². The lowest BCUT2D eigenvalue weighted by Crippen LogP contribution is -2.26. The van der Waals surface area contributed by atoms with Crippen LogP contribution >= 0.6 is 0 Å². The van der Waals surface area contributed by atoms with Crippen molar-refractivity contribution in [3.05, 3.63) is 24.4 Å². The van der Waals surface area contributed by atoms with Crippen LogP contribution in [0.4, 0.5) is 0 Å². The second-order valence-corrected chi connectivity index (χ2v) is 5.70. The van der Waals surface area contributed by atoms with Crippen molar-refractivity contribution in [1.82, 2.24) is 29.7 Å². The van der Waals surface area contributed by atoms with Gasteiger partial charge in [-0.3, -0.25) is 4.68 Å². The predicted octanol–water partition coefficient (Wildman–Crippen LogP) is -0.0678. The summed E-state index contributed by atoms with van der Waals surface area (Å²) in [6.45, 7) is 2.86. The molecule has 9 heteroatoms. The molecule has 0 amide bonds. The van der Waals surface area contributed by atoms with E-state index in [1.54, 1.807) is 17.1 Å². The van der Waals surface area contributed by atoms with Crippen LogP contribution in [0.25, 0.3) is 0 Å². The number of aryl methyl sites for hydroxylation is 2. The highest BCUT2D eigenvalue weighted by Crippen LogP contribution is 2.05. The van der Waals surface area contributed by atoms with Gasteiger partial charge in [0.1, 0.15) is 5.82 Å². The van der Waals surface area contributed by atoms with E-state index in [0.29, 0.717) is 31.8 Å². The first kappa shape index (κ1) is 13.7. The lowest BCUT2D eigenvalue weighted by Gasteiger charge is -2.04. The minimum Gasteiger partial charge on any atom is -0.332 e. The largest absolute Gasteiger partial charge is 0.332 e. The third-order valence-electron chi connectivity index (χ3n) is 2.56. The molecule has 0 aromatic carbocycles. The first-order chi connectivity index (χ1) is 9.12. The van der Waals surface area contributed by atoms with Gasteiger partial charge in [0.2, 0.25) is 0 Å². The fourth-order valence-electron chi connectivity index (χ4n) is 1.54. The summed E-state index contributed by atoms with van der Waals surface area (Å²) in [6.07, 6.45) is 5.95. The van der Waals surface area contributed by atoms with E-state index >= 15 is 0 Å². The molecule has 0 aliphatic carbocycles. The van der Waals surface area contributed by atoms with Crippen LogP contribution in [0.3, 0.4) is 0 Å². The van der Waals surface area contributed by atoms with Crippen molar-refractivity contribution in [2.75, 3.05) is 6.54 Å². The van der Waals surface area contributed by atoms with Crippen molar-refractivity contribution in [3.63, 3.8) is 0 Å². The molecule has 0 spiro atoms. The van der Waals surface area contributed by atoms with Gasteiger partial charge in [0.25, 0.3) is 10.0 Å². The van der Waals surface area contributed by atoms with Crippen LogP contribution in [0.1, 0.15) is 19.2 Å². The van der Waals surface area contributed by atoms with Crippen molar-refractivity contribution in [1.29, 1.82) is 0 Å². The molecule has 2 aromatic rings. The van der Waals surface area contributed by atoms with Crippen LogP contribution in [-0.2, 0) is 23.0 Å². The Morgan fingerprint density at radius 2 is 2.32 bits per heavy atom.